The maximum Gasteiger partial charge on any atom is 0.0651 e. The molecule has 0 aromatic heterocycles. The standard InChI is InChI=1S/C21H33NO/c1-2-9-20-19(16-21(23)13-7-4-8-14-21)12-15-22(20)17-18-10-5-3-6-11-18/h3,5-6,10-11,19-20,23H,2,4,7-9,12-17H2,1H3/t19-,20+/m1/s1. The largest absolute Gasteiger partial charge is 0.390 e. The Labute approximate surface area is 141 Å². The molecule has 1 aromatic carbocycles. The average Bonchev–Trinajstić information content (AvgIpc) is 2.91. The first-order chi connectivity index (χ1) is 11.2. The first-order valence-electron chi connectivity index (χ1n) is 9.70. The molecule has 2 heteroatoms. The van der Waals surface area contributed by atoms with Gasteiger partial charge in [0.2, 0.25) is 0 Å². The summed E-state index contributed by atoms with van der Waals surface area (Å²) < 4.78 is 0. The van der Waals surface area contributed by atoms with Gasteiger partial charge in [0.25, 0.3) is 0 Å². The van der Waals surface area contributed by atoms with Crippen LogP contribution in [0.5, 0.6) is 0 Å². The summed E-state index contributed by atoms with van der Waals surface area (Å²) in [6, 6.07) is 11.5. The lowest BCUT2D eigenvalue weighted by atomic mass is 9.76. The molecule has 1 saturated heterocycles. The second-order valence-corrected chi connectivity index (χ2v) is 7.85. The molecule has 0 unspecified atom stereocenters. The summed E-state index contributed by atoms with van der Waals surface area (Å²) in [6.07, 6.45) is 10.6. The average molecular weight is 316 g/mol. The molecule has 128 valence electrons. The first-order valence-corrected chi connectivity index (χ1v) is 9.70. The van der Waals surface area contributed by atoms with Gasteiger partial charge >= 0.3 is 0 Å². The minimum absolute atomic E-state index is 0.363. The van der Waals surface area contributed by atoms with Crippen LogP contribution in [0.15, 0.2) is 30.3 Å². The van der Waals surface area contributed by atoms with Gasteiger partial charge in [-0.1, -0.05) is 62.9 Å². The summed E-state index contributed by atoms with van der Waals surface area (Å²) >= 11 is 0. The Hall–Kier alpha value is -0.860. The molecule has 0 bridgehead atoms. The molecule has 23 heavy (non-hydrogen) atoms. The zero-order valence-electron chi connectivity index (χ0n) is 14.7. The summed E-state index contributed by atoms with van der Waals surface area (Å²) in [7, 11) is 0. The highest BCUT2D eigenvalue weighted by atomic mass is 16.3. The molecule has 1 N–H and O–H groups in total. The van der Waals surface area contributed by atoms with E-state index in [-0.39, 0.29) is 5.60 Å². The van der Waals surface area contributed by atoms with Gasteiger partial charge in [-0.25, -0.2) is 0 Å². The molecule has 0 amide bonds. The van der Waals surface area contributed by atoms with Gasteiger partial charge in [-0.15, -0.1) is 0 Å². The molecule has 1 aliphatic heterocycles. The van der Waals surface area contributed by atoms with Crippen LogP contribution in [-0.4, -0.2) is 28.2 Å². The third-order valence-electron chi connectivity index (χ3n) is 6.04. The van der Waals surface area contributed by atoms with Crippen LogP contribution in [0.1, 0.15) is 70.3 Å². The predicted octanol–water partition coefficient (Wildman–Crippen LogP) is 4.76. The number of likely N-dealkylation sites (tertiary alicyclic amines) is 1. The van der Waals surface area contributed by atoms with Crippen LogP contribution < -0.4 is 0 Å². The molecule has 1 saturated carbocycles. The number of rotatable bonds is 6. The summed E-state index contributed by atoms with van der Waals surface area (Å²) in [5.74, 6) is 0.682. The van der Waals surface area contributed by atoms with Crippen LogP contribution in [0.25, 0.3) is 0 Å². The molecular formula is C21H33NO. The van der Waals surface area contributed by atoms with Gasteiger partial charge in [0.15, 0.2) is 0 Å². The number of hydrogen-bond acceptors (Lipinski definition) is 2. The molecular weight excluding hydrogens is 282 g/mol. The van der Waals surface area contributed by atoms with E-state index in [1.165, 1.54) is 50.6 Å². The van der Waals surface area contributed by atoms with Gasteiger partial charge in [-0.3, -0.25) is 4.90 Å². The van der Waals surface area contributed by atoms with Crippen LogP contribution in [-0.2, 0) is 6.54 Å². The van der Waals surface area contributed by atoms with Crippen LogP contribution in [0.3, 0.4) is 0 Å². The summed E-state index contributed by atoms with van der Waals surface area (Å²) in [5, 5.41) is 11.0. The molecule has 1 aromatic rings. The summed E-state index contributed by atoms with van der Waals surface area (Å²) in [5.41, 5.74) is 1.06. The van der Waals surface area contributed by atoms with Gasteiger partial charge in [-0.2, -0.15) is 0 Å². The van der Waals surface area contributed by atoms with Crippen LogP contribution >= 0.6 is 0 Å². The van der Waals surface area contributed by atoms with Crippen molar-refractivity contribution in [2.24, 2.45) is 5.92 Å². The van der Waals surface area contributed by atoms with Crippen LogP contribution in [0, 0.1) is 5.92 Å². The van der Waals surface area contributed by atoms with Gasteiger partial charge in [0.05, 0.1) is 5.60 Å². The second-order valence-electron chi connectivity index (χ2n) is 7.85. The van der Waals surface area contributed by atoms with Crippen molar-refractivity contribution in [1.82, 2.24) is 4.90 Å². The van der Waals surface area contributed by atoms with E-state index in [0.29, 0.717) is 12.0 Å². The van der Waals surface area contributed by atoms with Crippen molar-refractivity contribution in [1.29, 1.82) is 0 Å². The van der Waals surface area contributed by atoms with Crippen LogP contribution in [0.2, 0.25) is 0 Å². The van der Waals surface area contributed by atoms with Crippen molar-refractivity contribution in [3.63, 3.8) is 0 Å². The summed E-state index contributed by atoms with van der Waals surface area (Å²) in [4.78, 5) is 2.68. The third-order valence-corrected chi connectivity index (χ3v) is 6.04. The zero-order chi connectivity index (χ0) is 16.1. The molecule has 3 rings (SSSR count). The molecule has 0 radical (unpaired) electrons. The molecule has 2 nitrogen and oxygen atoms in total. The van der Waals surface area contributed by atoms with E-state index >= 15 is 0 Å². The molecule has 1 aliphatic carbocycles. The Morgan fingerprint density at radius 3 is 2.57 bits per heavy atom. The van der Waals surface area contributed by atoms with E-state index in [1.807, 2.05) is 0 Å². The van der Waals surface area contributed by atoms with Crippen LogP contribution in [0.4, 0.5) is 0 Å². The lowest BCUT2D eigenvalue weighted by Crippen LogP contribution is -2.38. The topological polar surface area (TPSA) is 23.5 Å². The third kappa shape index (κ3) is 4.36. The lowest BCUT2D eigenvalue weighted by molar-refractivity contribution is -0.0223. The van der Waals surface area contributed by atoms with Crippen molar-refractivity contribution < 1.29 is 5.11 Å². The van der Waals surface area contributed by atoms with E-state index < -0.39 is 0 Å². The van der Waals surface area contributed by atoms with Gasteiger partial charge in [-0.05, 0) is 50.1 Å². The van der Waals surface area contributed by atoms with Crippen molar-refractivity contribution >= 4 is 0 Å². The fraction of sp³-hybridized carbons (Fsp3) is 0.714. The molecule has 0 spiro atoms. The SMILES string of the molecule is CCC[C@H]1[C@@H](CC2(O)CCCCC2)CCN1Cc1ccccc1. The van der Waals surface area contributed by atoms with Gasteiger partial charge < -0.3 is 5.11 Å². The number of aliphatic hydroxyl groups is 1. The fourth-order valence-electron chi connectivity index (χ4n) is 4.86. The highest BCUT2D eigenvalue weighted by molar-refractivity contribution is 5.15. The fourth-order valence-corrected chi connectivity index (χ4v) is 4.86. The molecule has 2 atom stereocenters. The Bertz CT molecular complexity index is 466. The van der Waals surface area contributed by atoms with Crippen molar-refractivity contribution in [2.45, 2.75) is 82.9 Å². The van der Waals surface area contributed by atoms with E-state index in [0.717, 1.165) is 25.8 Å². The predicted molar refractivity (Wildman–Crippen MR) is 96.3 cm³/mol. The van der Waals surface area contributed by atoms with Crippen molar-refractivity contribution in [3.8, 4) is 0 Å². The van der Waals surface area contributed by atoms with Gasteiger partial charge in [0, 0.05) is 12.6 Å². The summed E-state index contributed by atoms with van der Waals surface area (Å²) in [6.45, 7) is 4.56. The lowest BCUT2D eigenvalue weighted by Gasteiger charge is -2.37. The maximum atomic E-state index is 11.0. The first kappa shape index (κ1) is 17.0. The Morgan fingerprint density at radius 2 is 1.87 bits per heavy atom. The van der Waals surface area contributed by atoms with Crippen molar-refractivity contribution in [2.75, 3.05) is 6.54 Å². The zero-order valence-corrected chi connectivity index (χ0v) is 14.7. The monoisotopic (exact) mass is 315 g/mol. The second kappa shape index (κ2) is 7.81. The number of nitrogens with zero attached hydrogens (tertiary/aromatic N) is 1. The normalized spacial score (nSPS) is 28.1. The maximum absolute atomic E-state index is 11.0. The molecule has 2 aliphatic rings. The minimum atomic E-state index is -0.363. The van der Waals surface area contributed by atoms with E-state index in [2.05, 4.69) is 42.2 Å². The Kier molecular flexibility index (Phi) is 5.76. The van der Waals surface area contributed by atoms with E-state index in [4.69, 9.17) is 0 Å². The minimum Gasteiger partial charge on any atom is -0.390 e. The van der Waals surface area contributed by atoms with Crippen molar-refractivity contribution in [3.05, 3.63) is 35.9 Å². The Balaban J connectivity index is 1.64. The highest BCUT2D eigenvalue weighted by Crippen LogP contribution is 2.40. The Morgan fingerprint density at radius 1 is 1.13 bits per heavy atom. The van der Waals surface area contributed by atoms with Gasteiger partial charge in [0.1, 0.15) is 0 Å². The number of hydrogen-bond donors (Lipinski definition) is 1. The molecule has 2 fully saturated rings. The molecule has 1 heterocycles. The van der Waals surface area contributed by atoms with E-state index in [1.54, 1.807) is 0 Å². The highest BCUT2D eigenvalue weighted by Gasteiger charge is 2.39. The van der Waals surface area contributed by atoms with E-state index in [9.17, 15) is 5.11 Å². The number of benzene rings is 1. The smallest absolute Gasteiger partial charge is 0.0651 e. The quantitative estimate of drug-likeness (QED) is 0.818.